The molecular weight excluding hydrogens is 152 g/mol. The van der Waals surface area contributed by atoms with Crippen molar-refractivity contribution in [2.24, 2.45) is 0 Å². The lowest BCUT2D eigenvalue weighted by Crippen LogP contribution is -2.07. The summed E-state index contributed by atoms with van der Waals surface area (Å²) < 4.78 is 10.6. The number of benzene rings is 1. The van der Waals surface area contributed by atoms with E-state index in [-0.39, 0.29) is 0 Å². The zero-order valence-electron chi connectivity index (χ0n) is 7.17. The van der Waals surface area contributed by atoms with Crippen LogP contribution in [0.2, 0.25) is 0 Å². The van der Waals surface area contributed by atoms with Gasteiger partial charge in [-0.25, -0.2) is 0 Å². The van der Waals surface area contributed by atoms with Gasteiger partial charge >= 0.3 is 0 Å². The molecule has 12 heavy (non-hydrogen) atoms. The van der Waals surface area contributed by atoms with E-state index in [9.17, 15) is 0 Å². The molecule has 1 aliphatic heterocycles. The van der Waals surface area contributed by atoms with Crippen LogP contribution < -0.4 is 9.47 Å². The van der Waals surface area contributed by atoms with Crippen molar-refractivity contribution in [2.45, 2.75) is 12.8 Å². The summed E-state index contributed by atoms with van der Waals surface area (Å²) in [5.41, 5.74) is 1.29. The van der Waals surface area contributed by atoms with Gasteiger partial charge in [0, 0.05) is 6.07 Å². The first-order valence-corrected chi connectivity index (χ1v) is 4.20. The Morgan fingerprint density at radius 2 is 2.33 bits per heavy atom. The molecule has 0 spiro atoms. The third-order valence-corrected chi connectivity index (χ3v) is 2.12. The Hall–Kier alpha value is -1.18. The molecule has 0 saturated heterocycles. The van der Waals surface area contributed by atoms with Crippen molar-refractivity contribution in [3.63, 3.8) is 0 Å². The number of hydrogen-bond acceptors (Lipinski definition) is 2. The molecule has 2 heteroatoms. The van der Waals surface area contributed by atoms with Crippen LogP contribution in [0.4, 0.5) is 0 Å². The van der Waals surface area contributed by atoms with Crippen molar-refractivity contribution in [2.75, 3.05) is 13.7 Å². The first kappa shape index (κ1) is 7.47. The van der Waals surface area contributed by atoms with Crippen molar-refractivity contribution in [1.82, 2.24) is 0 Å². The van der Waals surface area contributed by atoms with Crippen LogP contribution in [0.15, 0.2) is 18.2 Å². The van der Waals surface area contributed by atoms with E-state index in [0.29, 0.717) is 0 Å². The van der Waals surface area contributed by atoms with Gasteiger partial charge in [0.15, 0.2) is 0 Å². The lowest BCUT2D eigenvalue weighted by Gasteiger charge is -2.17. The molecule has 1 aromatic carbocycles. The Morgan fingerprint density at radius 1 is 1.42 bits per heavy atom. The standard InChI is InChI=1S/C10H12O2/c1-11-9-5-4-8-3-2-6-12-10(8)7-9/h4-5,7H,2-3,6H2,1H3. The SMILES string of the molecule is COc1ccc2c(c1)OCCC2. The summed E-state index contributed by atoms with van der Waals surface area (Å²) >= 11 is 0. The Balaban J connectivity index is 2.36. The van der Waals surface area contributed by atoms with E-state index in [1.165, 1.54) is 5.56 Å². The molecule has 0 saturated carbocycles. The van der Waals surface area contributed by atoms with Crippen LogP contribution >= 0.6 is 0 Å². The second-order valence-corrected chi connectivity index (χ2v) is 2.93. The van der Waals surface area contributed by atoms with Crippen molar-refractivity contribution in [1.29, 1.82) is 0 Å². The van der Waals surface area contributed by atoms with E-state index in [2.05, 4.69) is 6.07 Å². The fourth-order valence-corrected chi connectivity index (χ4v) is 1.45. The summed E-state index contributed by atoms with van der Waals surface area (Å²) in [4.78, 5) is 0. The molecule has 2 nitrogen and oxygen atoms in total. The zero-order chi connectivity index (χ0) is 8.39. The second kappa shape index (κ2) is 3.05. The molecule has 1 aliphatic rings. The van der Waals surface area contributed by atoms with Gasteiger partial charge in [0.25, 0.3) is 0 Å². The van der Waals surface area contributed by atoms with E-state index in [4.69, 9.17) is 9.47 Å². The fraction of sp³-hybridized carbons (Fsp3) is 0.400. The zero-order valence-corrected chi connectivity index (χ0v) is 7.17. The largest absolute Gasteiger partial charge is 0.497 e. The third-order valence-electron chi connectivity index (χ3n) is 2.12. The quantitative estimate of drug-likeness (QED) is 0.632. The van der Waals surface area contributed by atoms with Gasteiger partial charge in [-0.1, -0.05) is 6.07 Å². The normalized spacial score (nSPS) is 14.8. The van der Waals surface area contributed by atoms with Crippen molar-refractivity contribution in [3.8, 4) is 11.5 Å². The lowest BCUT2D eigenvalue weighted by molar-refractivity contribution is 0.286. The van der Waals surface area contributed by atoms with Gasteiger partial charge in [-0.2, -0.15) is 0 Å². The average Bonchev–Trinajstić information content (AvgIpc) is 2.17. The third kappa shape index (κ3) is 1.24. The predicted molar refractivity (Wildman–Crippen MR) is 46.8 cm³/mol. The molecule has 0 unspecified atom stereocenters. The fourth-order valence-electron chi connectivity index (χ4n) is 1.45. The van der Waals surface area contributed by atoms with E-state index in [1.807, 2.05) is 12.1 Å². The highest BCUT2D eigenvalue weighted by atomic mass is 16.5. The second-order valence-electron chi connectivity index (χ2n) is 2.93. The van der Waals surface area contributed by atoms with Crippen LogP contribution in [0.1, 0.15) is 12.0 Å². The summed E-state index contributed by atoms with van der Waals surface area (Å²) in [6.45, 7) is 0.833. The molecule has 0 radical (unpaired) electrons. The molecule has 1 heterocycles. The van der Waals surface area contributed by atoms with Crippen molar-refractivity contribution in [3.05, 3.63) is 23.8 Å². The summed E-state index contributed by atoms with van der Waals surface area (Å²) in [5, 5.41) is 0. The minimum Gasteiger partial charge on any atom is -0.497 e. The maximum Gasteiger partial charge on any atom is 0.126 e. The van der Waals surface area contributed by atoms with Crippen LogP contribution in [-0.2, 0) is 6.42 Å². The van der Waals surface area contributed by atoms with Crippen LogP contribution in [0.5, 0.6) is 11.5 Å². The number of fused-ring (bicyclic) bond motifs is 1. The number of aryl methyl sites for hydroxylation is 1. The van der Waals surface area contributed by atoms with Gasteiger partial charge in [-0.05, 0) is 24.5 Å². The molecule has 0 N–H and O–H groups in total. The van der Waals surface area contributed by atoms with Crippen molar-refractivity contribution < 1.29 is 9.47 Å². The Kier molecular flexibility index (Phi) is 1.90. The lowest BCUT2D eigenvalue weighted by atomic mass is 10.1. The minimum atomic E-state index is 0.833. The summed E-state index contributed by atoms with van der Waals surface area (Å²) in [5.74, 6) is 1.86. The van der Waals surface area contributed by atoms with Gasteiger partial charge < -0.3 is 9.47 Å². The van der Waals surface area contributed by atoms with Gasteiger partial charge in [-0.3, -0.25) is 0 Å². The first-order chi connectivity index (χ1) is 5.90. The maximum absolute atomic E-state index is 5.49. The molecule has 64 valence electrons. The van der Waals surface area contributed by atoms with Gasteiger partial charge in [0.05, 0.1) is 13.7 Å². The minimum absolute atomic E-state index is 0.833. The highest BCUT2D eigenvalue weighted by Gasteiger charge is 2.09. The molecule has 0 fully saturated rings. The van der Waals surface area contributed by atoms with Crippen molar-refractivity contribution >= 4 is 0 Å². The van der Waals surface area contributed by atoms with Gasteiger partial charge in [0.1, 0.15) is 11.5 Å². The van der Waals surface area contributed by atoms with E-state index in [1.54, 1.807) is 7.11 Å². The average molecular weight is 164 g/mol. The molecule has 0 aliphatic carbocycles. The Bertz CT molecular complexity index is 281. The molecule has 0 aromatic heterocycles. The van der Waals surface area contributed by atoms with Gasteiger partial charge in [0.2, 0.25) is 0 Å². The monoisotopic (exact) mass is 164 g/mol. The topological polar surface area (TPSA) is 18.5 Å². The predicted octanol–water partition coefficient (Wildman–Crippen LogP) is 2.02. The molecule has 2 rings (SSSR count). The number of methoxy groups -OCH3 is 1. The highest BCUT2D eigenvalue weighted by Crippen LogP contribution is 2.28. The van der Waals surface area contributed by atoms with Gasteiger partial charge in [-0.15, -0.1) is 0 Å². The molecular formula is C10H12O2. The molecule has 0 atom stereocenters. The maximum atomic E-state index is 5.49. The number of ether oxygens (including phenoxy) is 2. The highest BCUT2D eigenvalue weighted by molar-refractivity contribution is 5.41. The van der Waals surface area contributed by atoms with Crippen LogP contribution in [0, 0.1) is 0 Å². The van der Waals surface area contributed by atoms with Crippen LogP contribution in [0.3, 0.4) is 0 Å². The van der Waals surface area contributed by atoms with E-state index >= 15 is 0 Å². The summed E-state index contributed by atoms with van der Waals surface area (Å²) in [6, 6.07) is 6.01. The first-order valence-electron chi connectivity index (χ1n) is 4.20. The Morgan fingerprint density at radius 3 is 3.17 bits per heavy atom. The summed E-state index contributed by atoms with van der Waals surface area (Å²) in [7, 11) is 1.67. The number of rotatable bonds is 1. The summed E-state index contributed by atoms with van der Waals surface area (Å²) in [6.07, 6.45) is 2.25. The molecule has 1 aromatic rings. The smallest absolute Gasteiger partial charge is 0.126 e. The van der Waals surface area contributed by atoms with E-state index < -0.39 is 0 Å². The van der Waals surface area contributed by atoms with Crippen LogP contribution in [-0.4, -0.2) is 13.7 Å². The number of hydrogen-bond donors (Lipinski definition) is 0. The molecule has 0 amide bonds. The molecule has 0 bridgehead atoms. The Labute approximate surface area is 72.1 Å². The van der Waals surface area contributed by atoms with Crippen LogP contribution in [0.25, 0.3) is 0 Å². The van der Waals surface area contributed by atoms with E-state index in [0.717, 1.165) is 30.9 Å².